The largest absolute Gasteiger partial charge is 0.508 e. The number of hydrogen-bond donors (Lipinski definition) is 2. The highest BCUT2D eigenvalue weighted by Crippen LogP contribution is 2.29. The monoisotopic (exact) mass is 339 g/mol. The van der Waals surface area contributed by atoms with Crippen molar-refractivity contribution in [2.24, 2.45) is 0 Å². The maximum atomic E-state index is 12.7. The lowest BCUT2D eigenvalue weighted by Gasteiger charge is -2.30. The van der Waals surface area contributed by atoms with Gasteiger partial charge in [0.05, 0.1) is 6.42 Å². The van der Waals surface area contributed by atoms with Gasteiger partial charge in [-0.25, -0.2) is 0 Å². The van der Waals surface area contributed by atoms with Crippen LogP contribution in [0.4, 0.5) is 5.69 Å². The molecule has 0 atom stereocenters. The number of nitrogens with zero attached hydrogens (tertiary/aromatic N) is 1. The van der Waals surface area contributed by atoms with Crippen LogP contribution in [-0.2, 0) is 28.9 Å². The first-order valence-electron chi connectivity index (χ1n) is 8.45. The van der Waals surface area contributed by atoms with Crippen LogP contribution >= 0.6 is 0 Å². The summed E-state index contributed by atoms with van der Waals surface area (Å²) < 4.78 is 0. The molecule has 1 amide bonds. The number of amides is 1. The van der Waals surface area contributed by atoms with E-state index >= 15 is 0 Å². The summed E-state index contributed by atoms with van der Waals surface area (Å²) in [5, 5.41) is 18.8. The molecule has 0 saturated carbocycles. The van der Waals surface area contributed by atoms with Crippen LogP contribution in [-0.4, -0.2) is 28.6 Å². The second-order valence-corrected chi connectivity index (χ2v) is 6.31. The van der Waals surface area contributed by atoms with Crippen LogP contribution in [0.2, 0.25) is 0 Å². The molecule has 2 aromatic rings. The number of benzene rings is 2. The van der Waals surface area contributed by atoms with Crippen molar-refractivity contribution < 1.29 is 19.8 Å². The number of rotatable bonds is 5. The second kappa shape index (κ2) is 7.38. The van der Waals surface area contributed by atoms with Crippen molar-refractivity contribution in [1.82, 2.24) is 0 Å². The summed E-state index contributed by atoms with van der Waals surface area (Å²) in [6.45, 7) is 0.642. The van der Waals surface area contributed by atoms with Crippen LogP contribution in [0.5, 0.6) is 5.75 Å². The normalized spacial score (nSPS) is 13.4. The van der Waals surface area contributed by atoms with Crippen molar-refractivity contribution in [2.45, 2.75) is 32.1 Å². The number of phenols is 1. The van der Waals surface area contributed by atoms with Gasteiger partial charge >= 0.3 is 5.97 Å². The summed E-state index contributed by atoms with van der Waals surface area (Å²) in [4.78, 5) is 25.4. The maximum absolute atomic E-state index is 12.7. The van der Waals surface area contributed by atoms with Gasteiger partial charge in [-0.15, -0.1) is 0 Å². The average molecular weight is 339 g/mol. The van der Waals surface area contributed by atoms with E-state index in [1.165, 1.54) is 0 Å². The fourth-order valence-corrected chi connectivity index (χ4v) is 3.26. The third kappa shape index (κ3) is 3.99. The zero-order chi connectivity index (χ0) is 17.8. The molecule has 0 aliphatic carbocycles. The maximum Gasteiger partial charge on any atom is 0.307 e. The molecule has 5 heteroatoms. The fourth-order valence-electron chi connectivity index (χ4n) is 3.26. The average Bonchev–Trinajstić information content (AvgIpc) is 2.59. The van der Waals surface area contributed by atoms with Gasteiger partial charge in [0.1, 0.15) is 5.75 Å². The minimum atomic E-state index is -0.881. The van der Waals surface area contributed by atoms with E-state index in [1.54, 1.807) is 17.0 Å². The van der Waals surface area contributed by atoms with Gasteiger partial charge in [0.25, 0.3) is 0 Å². The molecule has 1 aliphatic heterocycles. The minimum absolute atomic E-state index is 0.00308. The van der Waals surface area contributed by atoms with Crippen LogP contribution < -0.4 is 4.90 Å². The number of phenolic OH excluding ortho intramolecular Hbond substituents is 1. The molecule has 25 heavy (non-hydrogen) atoms. The van der Waals surface area contributed by atoms with E-state index < -0.39 is 5.97 Å². The molecule has 1 aliphatic rings. The number of fused-ring (bicyclic) bond motifs is 1. The van der Waals surface area contributed by atoms with Gasteiger partial charge in [-0.1, -0.05) is 30.3 Å². The number of anilines is 1. The molecule has 3 rings (SSSR count). The summed E-state index contributed by atoms with van der Waals surface area (Å²) in [5.74, 6) is -0.678. The third-order valence-electron chi connectivity index (χ3n) is 4.52. The van der Waals surface area contributed by atoms with Crippen LogP contribution in [0.25, 0.3) is 0 Å². The van der Waals surface area contributed by atoms with Crippen LogP contribution in [0.3, 0.4) is 0 Å². The number of carbonyl (C=O) groups is 2. The predicted octanol–water partition coefficient (Wildman–Crippen LogP) is 2.93. The molecule has 5 nitrogen and oxygen atoms in total. The quantitative estimate of drug-likeness (QED) is 0.878. The van der Waals surface area contributed by atoms with Gasteiger partial charge in [-0.05, 0) is 48.1 Å². The summed E-state index contributed by atoms with van der Waals surface area (Å²) in [6, 6.07) is 12.6. The molecule has 1 heterocycles. The number of aryl methyl sites for hydroxylation is 2. The van der Waals surface area contributed by atoms with Crippen molar-refractivity contribution in [2.75, 3.05) is 11.4 Å². The first-order chi connectivity index (χ1) is 12.0. The molecule has 0 aromatic heterocycles. The molecule has 0 fully saturated rings. The summed E-state index contributed by atoms with van der Waals surface area (Å²) in [6.07, 6.45) is 2.53. The van der Waals surface area contributed by atoms with Gasteiger partial charge in [-0.3, -0.25) is 9.59 Å². The second-order valence-electron chi connectivity index (χ2n) is 6.31. The van der Waals surface area contributed by atoms with Gasteiger partial charge < -0.3 is 15.1 Å². The molecule has 0 radical (unpaired) electrons. The standard InChI is InChI=1S/C20H21NO4/c22-18-6-2-1-4-16(18)9-10-19(23)21-11-3-5-15-8-7-14(12-17(15)21)13-20(24)25/h1-2,4,6-8,12,22H,3,5,9-11,13H2,(H,24,25). The Hall–Kier alpha value is -2.82. The van der Waals surface area contributed by atoms with Gasteiger partial charge in [0.15, 0.2) is 0 Å². The topological polar surface area (TPSA) is 77.8 Å². The lowest BCUT2D eigenvalue weighted by atomic mass is 9.97. The van der Waals surface area contributed by atoms with Crippen molar-refractivity contribution in [3.8, 4) is 5.75 Å². The van der Waals surface area contributed by atoms with Crippen molar-refractivity contribution in [3.05, 3.63) is 59.2 Å². The smallest absolute Gasteiger partial charge is 0.307 e. The Bertz CT molecular complexity index is 800. The number of carboxylic acids is 1. The minimum Gasteiger partial charge on any atom is -0.508 e. The molecule has 2 N–H and O–H groups in total. The zero-order valence-corrected chi connectivity index (χ0v) is 13.9. The van der Waals surface area contributed by atoms with E-state index in [0.29, 0.717) is 24.9 Å². The number of para-hydroxylation sites is 1. The Kier molecular flexibility index (Phi) is 5.03. The van der Waals surface area contributed by atoms with E-state index in [0.717, 1.165) is 29.7 Å². The molecule has 0 spiro atoms. The highest BCUT2D eigenvalue weighted by atomic mass is 16.4. The van der Waals surface area contributed by atoms with E-state index in [4.69, 9.17) is 5.11 Å². The summed E-state index contributed by atoms with van der Waals surface area (Å²) in [5.41, 5.74) is 3.36. The Morgan fingerprint density at radius 1 is 1.12 bits per heavy atom. The van der Waals surface area contributed by atoms with E-state index in [2.05, 4.69) is 0 Å². The Labute approximate surface area is 146 Å². The number of carboxylic acid groups (broad SMARTS) is 1. The van der Waals surface area contributed by atoms with Crippen LogP contribution in [0.1, 0.15) is 29.5 Å². The number of carbonyl (C=O) groups excluding carboxylic acids is 1. The van der Waals surface area contributed by atoms with Crippen molar-refractivity contribution in [3.63, 3.8) is 0 Å². The lowest BCUT2D eigenvalue weighted by Crippen LogP contribution is -2.35. The SMILES string of the molecule is O=C(O)Cc1ccc2c(c1)N(C(=O)CCc1ccccc1O)CCC2. The lowest BCUT2D eigenvalue weighted by molar-refractivity contribution is -0.136. The van der Waals surface area contributed by atoms with Crippen LogP contribution in [0, 0.1) is 0 Å². The highest BCUT2D eigenvalue weighted by Gasteiger charge is 2.23. The number of aliphatic carboxylic acids is 1. The third-order valence-corrected chi connectivity index (χ3v) is 4.52. The van der Waals surface area contributed by atoms with Gasteiger partial charge in [0, 0.05) is 18.7 Å². The summed E-state index contributed by atoms with van der Waals surface area (Å²) in [7, 11) is 0. The van der Waals surface area contributed by atoms with E-state index in [9.17, 15) is 14.7 Å². The first-order valence-corrected chi connectivity index (χ1v) is 8.45. The molecule has 2 aromatic carbocycles. The molecular weight excluding hydrogens is 318 g/mol. The Morgan fingerprint density at radius 2 is 1.92 bits per heavy atom. The molecular formula is C20H21NO4. The summed E-state index contributed by atoms with van der Waals surface area (Å²) >= 11 is 0. The van der Waals surface area contributed by atoms with E-state index in [-0.39, 0.29) is 18.1 Å². The zero-order valence-electron chi connectivity index (χ0n) is 13.9. The van der Waals surface area contributed by atoms with E-state index in [1.807, 2.05) is 30.3 Å². The molecule has 0 bridgehead atoms. The fraction of sp³-hybridized carbons (Fsp3) is 0.300. The number of aromatic hydroxyl groups is 1. The molecule has 130 valence electrons. The molecule has 0 unspecified atom stereocenters. The van der Waals surface area contributed by atoms with Crippen molar-refractivity contribution in [1.29, 1.82) is 0 Å². The Morgan fingerprint density at radius 3 is 2.68 bits per heavy atom. The predicted molar refractivity (Wildman–Crippen MR) is 94.9 cm³/mol. The Balaban J connectivity index is 1.76. The van der Waals surface area contributed by atoms with Crippen LogP contribution in [0.15, 0.2) is 42.5 Å². The van der Waals surface area contributed by atoms with Gasteiger partial charge in [0.2, 0.25) is 5.91 Å². The highest BCUT2D eigenvalue weighted by molar-refractivity contribution is 5.95. The van der Waals surface area contributed by atoms with Gasteiger partial charge in [-0.2, -0.15) is 0 Å². The first kappa shape index (κ1) is 17.0. The molecule has 0 saturated heterocycles. The van der Waals surface area contributed by atoms with Crippen molar-refractivity contribution >= 4 is 17.6 Å². The number of hydrogen-bond acceptors (Lipinski definition) is 3.